The van der Waals surface area contributed by atoms with Crippen LogP contribution in [0.3, 0.4) is 0 Å². The van der Waals surface area contributed by atoms with Crippen molar-refractivity contribution in [2.45, 2.75) is 203 Å². The van der Waals surface area contributed by atoms with Crippen LogP contribution in [-0.2, 0) is 4.74 Å². The van der Waals surface area contributed by atoms with Gasteiger partial charge in [0.05, 0.1) is 12.2 Å². The Kier molecular flexibility index (Phi) is 10.6. The lowest BCUT2D eigenvalue weighted by Crippen LogP contribution is -2.29. The van der Waals surface area contributed by atoms with Crippen molar-refractivity contribution in [3.05, 3.63) is 23.6 Å². The van der Waals surface area contributed by atoms with Gasteiger partial charge in [-0.1, -0.05) is 64.2 Å². The number of nitrogens with zero attached hydrogens (tertiary/aromatic N) is 4. The van der Waals surface area contributed by atoms with E-state index in [9.17, 15) is 0 Å². The van der Waals surface area contributed by atoms with Gasteiger partial charge in [-0.3, -0.25) is 0 Å². The summed E-state index contributed by atoms with van der Waals surface area (Å²) in [5.41, 5.74) is 0. The third kappa shape index (κ3) is 7.86. The molecule has 6 aliphatic rings. The molecule has 7 nitrogen and oxygen atoms in total. The lowest BCUT2D eigenvalue weighted by Gasteiger charge is -2.35. The van der Waals surface area contributed by atoms with Crippen LogP contribution in [0.15, 0.2) is 8.83 Å². The fraction of sp³-hybridized carbons (Fsp3) is 0.900. The molecule has 0 saturated heterocycles. The summed E-state index contributed by atoms with van der Waals surface area (Å²) < 4.78 is 19.4. The minimum Gasteiger partial charge on any atom is -0.425 e. The van der Waals surface area contributed by atoms with E-state index >= 15 is 0 Å². The van der Waals surface area contributed by atoms with Crippen molar-refractivity contribution in [3.8, 4) is 0 Å². The zero-order valence-electron chi connectivity index (χ0n) is 29.2. The molecule has 6 saturated carbocycles. The summed E-state index contributed by atoms with van der Waals surface area (Å²) in [5, 5.41) is 18.3. The first kappa shape index (κ1) is 32.4. The van der Waals surface area contributed by atoms with E-state index < -0.39 is 0 Å². The predicted molar refractivity (Wildman–Crippen MR) is 182 cm³/mol. The van der Waals surface area contributed by atoms with Crippen LogP contribution >= 0.6 is 0 Å². The average molecular weight is 647 g/mol. The van der Waals surface area contributed by atoms with Crippen LogP contribution in [0, 0.1) is 23.7 Å². The maximum absolute atomic E-state index is 6.69. The largest absolute Gasteiger partial charge is 0.425 e. The van der Waals surface area contributed by atoms with Crippen molar-refractivity contribution in [2.75, 3.05) is 0 Å². The highest BCUT2D eigenvalue weighted by Crippen LogP contribution is 2.45. The van der Waals surface area contributed by atoms with E-state index in [1.54, 1.807) is 0 Å². The third-order valence-corrected chi connectivity index (χ3v) is 14.2. The molecule has 0 atom stereocenters. The second-order valence-electron chi connectivity index (χ2n) is 17.1. The number of aromatic nitrogens is 4. The summed E-state index contributed by atoms with van der Waals surface area (Å²) in [6.07, 6.45) is 34.5. The molecule has 260 valence electrons. The number of ether oxygens (including phenoxy) is 1. The highest BCUT2D eigenvalue weighted by atomic mass is 16.5. The van der Waals surface area contributed by atoms with Crippen molar-refractivity contribution in [1.29, 1.82) is 0 Å². The highest BCUT2D eigenvalue weighted by Gasteiger charge is 2.36. The molecule has 0 aromatic carbocycles. The van der Waals surface area contributed by atoms with Crippen LogP contribution in [0.4, 0.5) is 0 Å². The van der Waals surface area contributed by atoms with Gasteiger partial charge in [0.1, 0.15) is 0 Å². The molecule has 47 heavy (non-hydrogen) atoms. The molecule has 0 amide bonds. The second-order valence-corrected chi connectivity index (χ2v) is 17.1. The van der Waals surface area contributed by atoms with Crippen molar-refractivity contribution in [2.24, 2.45) is 23.7 Å². The molecule has 0 spiro atoms. The van der Waals surface area contributed by atoms with Crippen LogP contribution in [0.2, 0.25) is 0 Å². The third-order valence-electron chi connectivity index (χ3n) is 14.2. The quantitative estimate of drug-likeness (QED) is 0.282. The Bertz CT molecular complexity index is 1120. The Morgan fingerprint density at radius 2 is 0.596 bits per heavy atom. The lowest BCUT2D eigenvalue weighted by atomic mass is 9.71. The van der Waals surface area contributed by atoms with Gasteiger partial charge in [-0.15, -0.1) is 20.4 Å². The maximum Gasteiger partial charge on any atom is 0.219 e. The fourth-order valence-electron chi connectivity index (χ4n) is 11.2. The molecule has 0 aliphatic heterocycles. The van der Waals surface area contributed by atoms with Gasteiger partial charge < -0.3 is 13.6 Å². The van der Waals surface area contributed by atoms with E-state index in [1.165, 1.54) is 116 Å². The van der Waals surface area contributed by atoms with Gasteiger partial charge >= 0.3 is 0 Å². The van der Waals surface area contributed by atoms with Crippen LogP contribution in [-0.4, -0.2) is 32.6 Å². The molecule has 0 radical (unpaired) electrons. The average Bonchev–Trinajstić information content (AvgIpc) is 3.85. The normalized spacial score (nSPS) is 36.8. The Morgan fingerprint density at radius 1 is 0.319 bits per heavy atom. The zero-order chi connectivity index (χ0) is 31.4. The molecular formula is C40H62N4O3. The van der Waals surface area contributed by atoms with E-state index in [0.717, 1.165) is 98.6 Å². The van der Waals surface area contributed by atoms with Gasteiger partial charge in [0.2, 0.25) is 23.6 Å². The van der Waals surface area contributed by atoms with Crippen molar-refractivity contribution < 1.29 is 13.6 Å². The first-order valence-electron chi connectivity index (χ1n) is 20.6. The van der Waals surface area contributed by atoms with E-state index in [2.05, 4.69) is 20.4 Å². The summed E-state index contributed by atoms with van der Waals surface area (Å²) in [6.45, 7) is 0. The first-order valence-corrected chi connectivity index (χ1v) is 20.6. The lowest BCUT2D eigenvalue weighted by molar-refractivity contribution is -0.0509. The van der Waals surface area contributed by atoms with E-state index in [1.807, 2.05) is 0 Å². The monoisotopic (exact) mass is 646 g/mol. The molecule has 0 unspecified atom stereocenters. The molecule has 6 aliphatic carbocycles. The number of hydrogen-bond acceptors (Lipinski definition) is 7. The predicted octanol–water partition coefficient (Wildman–Crippen LogP) is 10.9. The van der Waals surface area contributed by atoms with Crippen molar-refractivity contribution in [1.82, 2.24) is 20.4 Å². The number of rotatable bonds is 8. The summed E-state index contributed by atoms with van der Waals surface area (Å²) in [6, 6.07) is 0. The Morgan fingerprint density at radius 3 is 0.915 bits per heavy atom. The standard InChI is InChI=1S/C40H62N4O3/c1-3-7-27(8-4-1)29-11-15-31(16-12-29)37-41-43-39(46-37)33-19-23-35(24-20-33)45-36-25-21-34(22-26-36)40-44-42-38(47-40)32-17-13-30(14-18-32)28-9-5-2-6-10-28/h27-36H,1-26H2. The highest BCUT2D eigenvalue weighted by molar-refractivity contribution is 5.01. The molecule has 2 aromatic heterocycles. The fourth-order valence-corrected chi connectivity index (χ4v) is 11.2. The second kappa shape index (κ2) is 15.4. The molecule has 7 heteroatoms. The molecule has 2 heterocycles. The molecule has 2 aromatic rings. The van der Waals surface area contributed by atoms with Crippen LogP contribution < -0.4 is 0 Å². The van der Waals surface area contributed by atoms with Crippen LogP contribution in [0.5, 0.6) is 0 Å². The Labute approximate surface area is 283 Å². The topological polar surface area (TPSA) is 87.1 Å². The van der Waals surface area contributed by atoms with Gasteiger partial charge in [0.15, 0.2) is 0 Å². The molecule has 0 N–H and O–H groups in total. The van der Waals surface area contributed by atoms with Gasteiger partial charge in [-0.05, 0) is 126 Å². The SMILES string of the molecule is C1CCC(C2CCC(c3nnc(C4CCC(OC5CCC(c6nnc(C7CCC(C8CCCCC8)CC7)o6)CC5)CC4)o3)CC2)CC1. The van der Waals surface area contributed by atoms with Gasteiger partial charge in [-0.25, -0.2) is 0 Å². The van der Waals surface area contributed by atoms with Crippen LogP contribution in [0.25, 0.3) is 0 Å². The zero-order valence-corrected chi connectivity index (χ0v) is 29.2. The molecule has 8 rings (SSSR count). The van der Waals surface area contributed by atoms with Crippen molar-refractivity contribution >= 4 is 0 Å². The summed E-state index contributed by atoms with van der Waals surface area (Å²) >= 11 is 0. The maximum atomic E-state index is 6.69. The van der Waals surface area contributed by atoms with E-state index in [-0.39, 0.29) is 0 Å². The van der Waals surface area contributed by atoms with Gasteiger partial charge in [0, 0.05) is 23.7 Å². The van der Waals surface area contributed by atoms with Crippen LogP contribution in [0.1, 0.15) is 214 Å². The molecule has 6 fully saturated rings. The molecular weight excluding hydrogens is 584 g/mol. The first-order chi connectivity index (χ1) is 23.2. The van der Waals surface area contributed by atoms with E-state index in [0.29, 0.717) is 35.9 Å². The minimum absolute atomic E-state index is 0.365. The van der Waals surface area contributed by atoms with E-state index in [4.69, 9.17) is 13.6 Å². The molecule has 0 bridgehead atoms. The Hall–Kier alpha value is -1.76. The number of hydrogen-bond donors (Lipinski definition) is 0. The summed E-state index contributed by atoms with van der Waals surface area (Å²) in [7, 11) is 0. The Balaban J connectivity index is 0.738. The minimum atomic E-state index is 0.365. The summed E-state index contributed by atoms with van der Waals surface area (Å²) in [4.78, 5) is 0. The van der Waals surface area contributed by atoms with Gasteiger partial charge in [-0.2, -0.15) is 0 Å². The van der Waals surface area contributed by atoms with Crippen molar-refractivity contribution in [3.63, 3.8) is 0 Å². The smallest absolute Gasteiger partial charge is 0.219 e. The van der Waals surface area contributed by atoms with Gasteiger partial charge in [0.25, 0.3) is 0 Å². The summed E-state index contributed by atoms with van der Waals surface area (Å²) in [5.74, 6) is 9.25.